The van der Waals surface area contributed by atoms with Gasteiger partial charge in [-0.2, -0.15) is 10.4 Å². The molecular weight excluding hydrogens is 378 g/mol. The molecule has 30 heavy (non-hydrogen) atoms. The highest BCUT2D eigenvalue weighted by Crippen LogP contribution is 2.29. The second-order valence-corrected chi connectivity index (χ2v) is 7.57. The molecule has 3 aromatic rings. The average Bonchev–Trinajstić information content (AvgIpc) is 3.18. The summed E-state index contributed by atoms with van der Waals surface area (Å²) < 4.78 is 12.8. The Morgan fingerprint density at radius 1 is 1.27 bits per heavy atom. The molecule has 154 valence electrons. The smallest absolute Gasteiger partial charge is 0.137 e. The predicted octanol–water partition coefficient (Wildman–Crippen LogP) is 3.63. The number of rotatable bonds is 9. The summed E-state index contributed by atoms with van der Waals surface area (Å²) in [5, 5.41) is 13.9. The van der Waals surface area contributed by atoms with Crippen molar-refractivity contribution in [2.45, 2.75) is 32.2 Å². The number of nitriles is 1. The van der Waals surface area contributed by atoms with E-state index in [9.17, 15) is 5.26 Å². The van der Waals surface area contributed by atoms with E-state index < -0.39 is 0 Å². The van der Waals surface area contributed by atoms with E-state index in [2.05, 4.69) is 21.1 Å². The Balaban J connectivity index is 1.47. The highest BCUT2D eigenvalue weighted by atomic mass is 16.5. The van der Waals surface area contributed by atoms with Crippen molar-refractivity contribution in [3.8, 4) is 23.1 Å². The van der Waals surface area contributed by atoms with Gasteiger partial charge in [0.25, 0.3) is 0 Å². The van der Waals surface area contributed by atoms with E-state index in [0.29, 0.717) is 49.2 Å². The quantitative estimate of drug-likeness (QED) is 0.542. The minimum Gasteiger partial charge on any atom is -0.492 e. The normalized spacial score (nSPS) is 13.6. The molecule has 2 heterocycles. The highest BCUT2D eigenvalue weighted by Gasteiger charge is 2.18. The number of methoxy groups -OCH3 is 1. The lowest BCUT2D eigenvalue weighted by molar-refractivity contribution is 0.180. The molecule has 0 amide bonds. The van der Waals surface area contributed by atoms with Crippen molar-refractivity contribution >= 4 is 0 Å². The zero-order valence-electron chi connectivity index (χ0n) is 17.1. The second kappa shape index (κ2) is 9.51. The largest absolute Gasteiger partial charge is 0.492 e. The first kappa shape index (κ1) is 20.0. The number of hydrogen-bond acceptors (Lipinski definition) is 6. The van der Waals surface area contributed by atoms with Crippen LogP contribution in [0.5, 0.6) is 5.75 Å². The van der Waals surface area contributed by atoms with E-state index >= 15 is 0 Å². The van der Waals surface area contributed by atoms with E-state index in [1.807, 2.05) is 41.3 Å². The molecule has 0 saturated heterocycles. The molecule has 0 atom stereocenters. The Morgan fingerprint density at radius 2 is 2.17 bits per heavy atom. The van der Waals surface area contributed by atoms with Crippen molar-refractivity contribution in [3.63, 3.8) is 0 Å². The van der Waals surface area contributed by atoms with Gasteiger partial charge in [0.2, 0.25) is 0 Å². The van der Waals surface area contributed by atoms with Crippen LogP contribution in [0.4, 0.5) is 0 Å². The molecule has 0 aliphatic heterocycles. The number of ether oxygens (including phenoxy) is 2. The van der Waals surface area contributed by atoms with Crippen molar-refractivity contribution < 1.29 is 9.47 Å². The molecule has 2 aromatic heterocycles. The highest BCUT2D eigenvalue weighted by molar-refractivity contribution is 5.64. The van der Waals surface area contributed by atoms with E-state index in [1.165, 1.54) is 19.3 Å². The van der Waals surface area contributed by atoms with Crippen LogP contribution in [0.1, 0.15) is 36.2 Å². The molecule has 0 bridgehead atoms. The molecule has 7 heteroatoms. The van der Waals surface area contributed by atoms with E-state index in [-0.39, 0.29) is 0 Å². The Morgan fingerprint density at radius 3 is 2.93 bits per heavy atom. The number of aromatic nitrogens is 4. The third-order valence-electron chi connectivity index (χ3n) is 5.37. The van der Waals surface area contributed by atoms with Crippen molar-refractivity contribution in [1.82, 2.24) is 19.7 Å². The van der Waals surface area contributed by atoms with Gasteiger partial charge in [0.05, 0.1) is 37.2 Å². The Kier molecular flexibility index (Phi) is 6.35. The van der Waals surface area contributed by atoms with Crippen molar-refractivity contribution in [1.29, 1.82) is 5.26 Å². The minimum absolute atomic E-state index is 0.534. The van der Waals surface area contributed by atoms with Crippen LogP contribution < -0.4 is 4.74 Å². The van der Waals surface area contributed by atoms with Gasteiger partial charge in [-0.1, -0.05) is 6.42 Å². The summed E-state index contributed by atoms with van der Waals surface area (Å²) in [7, 11) is 1.68. The lowest BCUT2D eigenvalue weighted by Gasteiger charge is -2.25. The van der Waals surface area contributed by atoms with Crippen LogP contribution in [0.2, 0.25) is 0 Å². The summed E-state index contributed by atoms with van der Waals surface area (Å²) in [4.78, 5) is 9.08. The Bertz CT molecular complexity index is 1040. The van der Waals surface area contributed by atoms with Crippen LogP contribution in [0, 0.1) is 17.2 Å². The van der Waals surface area contributed by atoms with Crippen molar-refractivity contribution in [2.75, 3.05) is 20.3 Å². The fourth-order valence-corrected chi connectivity index (χ4v) is 3.40. The summed E-state index contributed by atoms with van der Waals surface area (Å²) in [6, 6.07) is 9.77. The minimum atomic E-state index is 0.534. The van der Waals surface area contributed by atoms with Gasteiger partial charge < -0.3 is 9.47 Å². The monoisotopic (exact) mass is 403 g/mol. The maximum absolute atomic E-state index is 9.56. The summed E-state index contributed by atoms with van der Waals surface area (Å²) in [6.45, 7) is 2.02. The third kappa shape index (κ3) is 4.84. The SMILES string of the molecule is COCCn1cc(Cc2nccc(-c3ccc(OCC4CCC4)c(C#N)c3)n2)cn1. The second-order valence-electron chi connectivity index (χ2n) is 7.57. The molecule has 7 nitrogen and oxygen atoms in total. The maximum Gasteiger partial charge on any atom is 0.137 e. The number of nitrogens with zero attached hydrogens (tertiary/aromatic N) is 5. The van der Waals surface area contributed by atoms with E-state index in [1.54, 1.807) is 13.3 Å². The van der Waals surface area contributed by atoms with Gasteiger partial charge >= 0.3 is 0 Å². The molecule has 0 unspecified atom stereocenters. The van der Waals surface area contributed by atoms with Gasteiger partial charge in [0.15, 0.2) is 0 Å². The molecule has 0 N–H and O–H groups in total. The van der Waals surface area contributed by atoms with Gasteiger partial charge in [0.1, 0.15) is 17.6 Å². The first-order valence-electron chi connectivity index (χ1n) is 10.2. The zero-order valence-corrected chi connectivity index (χ0v) is 17.1. The van der Waals surface area contributed by atoms with Crippen molar-refractivity contribution in [2.24, 2.45) is 5.92 Å². The van der Waals surface area contributed by atoms with Gasteiger partial charge in [-0.3, -0.25) is 4.68 Å². The number of benzene rings is 1. The van der Waals surface area contributed by atoms with Crippen LogP contribution in [0.3, 0.4) is 0 Å². The summed E-state index contributed by atoms with van der Waals surface area (Å²) in [5.74, 6) is 1.98. The molecule has 1 fully saturated rings. The molecule has 1 saturated carbocycles. The molecule has 1 aromatic carbocycles. The van der Waals surface area contributed by atoms with Gasteiger partial charge in [-0.15, -0.1) is 0 Å². The van der Waals surface area contributed by atoms with Gasteiger partial charge in [0, 0.05) is 31.5 Å². The lowest BCUT2D eigenvalue weighted by Crippen LogP contribution is -2.19. The zero-order chi connectivity index (χ0) is 20.8. The van der Waals surface area contributed by atoms with Crippen LogP contribution >= 0.6 is 0 Å². The third-order valence-corrected chi connectivity index (χ3v) is 5.37. The molecule has 0 radical (unpaired) electrons. The molecular formula is C23H25N5O2. The average molecular weight is 403 g/mol. The van der Waals surface area contributed by atoms with E-state index in [0.717, 1.165) is 16.8 Å². The Labute approximate surface area is 176 Å². The molecule has 1 aliphatic rings. The van der Waals surface area contributed by atoms with Gasteiger partial charge in [-0.25, -0.2) is 9.97 Å². The Hall–Kier alpha value is -3.24. The number of hydrogen-bond donors (Lipinski definition) is 0. The van der Waals surface area contributed by atoms with Crippen LogP contribution in [0.25, 0.3) is 11.3 Å². The molecule has 4 rings (SSSR count). The fourth-order valence-electron chi connectivity index (χ4n) is 3.40. The van der Waals surface area contributed by atoms with Crippen LogP contribution in [-0.4, -0.2) is 40.1 Å². The predicted molar refractivity (Wildman–Crippen MR) is 112 cm³/mol. The summed E-state index contributed by atoms with van der Waals surface area (Å²) in [5.41, 5.74) is 3.24. The summed E-state index contributed by atoms with van der Waals surface area (Å²) in [6.07, 6.45) is 9.87. The standard InChI is InChI=1S/C23H25N5O2/c1-29-10-9-28-15-18(14-26-28)11-23-25-8-7-21(27-23)19-5-6-22(20(12-19)13-24)30-16-17-3-2-4-17/h5-8,12,14-15,17H,2-4,9-11,16H2,1H3. The van der Waals surface area contributed by atoms with Crippen LogP contribution in [0.15, 0.2) is 42.9 Å². The van der Waals surface area contributed by atoms with E-state index in [4.69, 9.17) is 9.47 Å². The summed E-state index contributed by atoms with van der Waals surface area (Å²) >= 11 is 0. The van der Waals surface area contributed by atoms with Crippen molar-refractivity contribution in [3.05, 3.63) is 59.8 Å². The van der Waals surface area contributed by atoms with Gasteiger partial charge in [-0.05, 0) is 48.6 Å². The first-order valence-corrected chi connectivity index (χ1v) is 10.2. The fraction of sp³-hybridized carbons (Fsp3) is 0.391. The lowest BCUT2D eigenvalue weighted by atomic mass is 9.86. The maximum atomic E-state index is 9.56. The molecule has 0 spiro atoms. The first-order chi connectivity index (χ1) is 14.7. The van der Waals surface area contributed by atoms with Crippen LogP contribution in [-0.2, 0) is 17.7 Å². The topological polar surface area (TPSA) is 85.9 Å². The molecule has 1 aliphatic carbocycles.